The fourth-order valence-electron chi connectivity index (χ4n) is 4.22. The normalized spacial score (nSPS) is 13.9. The number of aromatic amines is 2. The van der Waals surface area contributed by atoms with Crippen molar-refractivity contribution in [1.82, 2.24) is 9.97 Å². The zero-order valence-corrected chi connectivity index (χ0v) is 26.3. The van der Waals surface area contributed by atoms with Gasteiger partial charge in [0.25, 0.3) is 0 Å². The number of imidazole rings is 1. The van der Waals surface area contributed by atoms with Gasteiger partial charge in [-0.3, -0.25) is 4.79 Å². The number of aromatic nitrogens is 2. The molecule has 2 aliphatic carbocycles. The van der Waals surface area contributed by atoms with Crippen LogP contribution in [0.2, 0.25) is 0 Å². The Hall–Kier alpha value is -2.82. The molecule has 0 atom stereocenters. The molecule has 3 aromatic rings. The van der Waals surface area contributed by atoms with Gasteiger partial charge in [-0.25, -0.2) is 4.79 Å². The van der Waals surface area contributed by atoms with Crippen LogP contribution >= 0.6 is 0 Å². The summed E-state index contributed by atoms with van der Waals surface area (Å²) in [7, 11) is 0. The number of hydrogen-bond donors (Lipinski definition) is 3. The molecule has 3 aliphatic rings. The Labute approximate surface area is 232 Å². The van der Waals surface area contributed by atoms with E-state index in [2.05, 4.69) is 46.5 Å². The van der Waals surface area contributed by atoms with E-state index in [1.807, 2.05) is 76.2 Å². The van der Waals surface area contributed by atoms with Gasteiger partial charge in [0.15, 0.2) is 0 Å². The monoisotopic (exact) mass is 525 g/mol. The Balaban J connectivity index is 0.000000545. The lowest BCUT2D eigenvalue weighted by molar-refractivity contribution is -0.115. The van der Waals surface area contributed by atoms with Gasteiger partial charge in [0, 0.05) is 5.69 Å². The molecular formula is C33H55N3O2. The fraction of sp³-hybridized carbons (Fsp3) is 0.576. The van der Waals surface area contributed by atoms with Gasteiger partial charge in [-0.05, 0) is 85.3 Å². The van der Waals surface area contributed by atoms with E-state index < -0.39 is 0 Å². The molecule has 1 aromatic heterocycles. The van der Waals surface area contributed by atoms with Crippen LogP contribution in [0.15, 0.2) is 29.1 Å². The van der Waals surface area contributed by atoms with E-state index >= 15 is 0 Å². The second-order valence-electron chi connectivity index (χ2n) is 8.48. The molecule has 0 radical (unpaired) electrons. The summed E-state index contributed by atoms with van der Waals surface area (Å²) in [5.74, 6) is 1.64. The maximum atomic E-state index is 11.2. The molecule has 2 aromatic carbocycles. The highest BCUT2D eigenvalue weighted by Gasteiger charge is 2.27. The van der Waals surface area contributed by atoms with Crippen molar-refractivity contribution in [3.8, 4) is 0 Å². The molecule has 2 heterocycles. The summed E-state index contributed by atoms with van der Waals surface area (Å²) < 4.78 is 0. The summed E-state index contributed by atoms with van der Waals surface area (Å²) in [6, 6.07) is 8.71. The number of benzene rings is 2. The van der Waals surface area contributed by atoms with Gasteiger partial charge in [-0.1, -0.05) is 87.4 Å². The number of nitrogens with one attached hydrogen (secondary N) is 3. The molecule has 5 heteroatoms. The third kappa shape index (κ3) is 9.81. The second kappa shape index (κ2) is 18.4. The molecule has 0 bridgehead atoms. The Morgan fingerprint density at radius 1 is 0.632 bits per heavy atom. The van der Waals surface area contributed by atoms with Crippen LogP contribution in [0, 0.1) is 13.8 Å². The molecule has 6 rings (SSSR count). The van der Waals surface area contributed by atoms with Gasteiger partial charge in [0.1, 0.15) is 0 Å². The third-order valence-electron chi connectivity index (χ3n) is 6.00. The van der Waals surface area contributed by atoms with Gasteiger partial charge in [-0.15, -0.1) is 0 Å². The Morgan fingerprint density at radius 3 is 1.61 bits per heavy atom. The average molecular weight is 526 g/mol. The smallest absolute Gasteiger partial charge is 0.323 e. The molecular weight excluding hydrogens is 470 g/mol. The SMILES string of the molecule is CC.CC.CC.CC.CC.Cc1cc(C2CC2)cc2[nH]c(=O)[nH]c12.Cc1cc(C2CC2)cc2c1NC(=O)C2. The Morgan fingerprint density at radius 2 is 1.11 bits per heavy atom. The van der Waals surface area contributed by atoms with Crippen molar-refractivity contribution in [2.75, 3.05) is 5.32 Å². The van der Waals surface area contributed by atoms with Crippen molar-refractivity contribution in [2.45, 2.75) is 127 Å². The predicted octanol–water partition coefficient (Wildman–Crippen LogP) is 9.54. The summed E-state index contributed by atoms with van der Waals surface area (Å²) >= 11 is 0. The van der Waals surface area contributed by atoms with E-state index in [1.165, 1.54) is 47.9 Å². The molecule has 5 nitrogen and oxygen atoms in total. The molecule has 0 unspecified atom stereocenters. The highest BCUT2D eigenvalue weighted by Crippen LogP contribution is 2.43. The lowest BCUT2D eigenvalue weighted by atomic mass is 10.0. The van der Waals surface area contributed by atoms with Crippen molar-refractivity contribution >= 4 is 22.6 Å². The first-order valence-corrected chi connectivity index (χ1v) is 15.1. The Kier molecular flexibility index (Phi) is 17.1. The average Bonchev–Trinajstić information content (AvgIpc) is 3.89. The molecule has 0 saturated heterocycles. The van der Waals surface area contributed by atoms with Crippen molar-refractivity contribution < 1.29 is 4.79 Å². The number of fused-ring (bicyclic) bond motifs is 2. The topological polar surface area (TPSA) is 77.8 Å². The molecule has 1 amide bonds. The molecule has 3 N–H and O–H groups in total. The minimum atomic E-state index is -0.115. The summed E-state index contributed by atoms with van der Waals surface area (Å²) in [4.78, 5) is 28.0. The number of hydrogen-bond acceptors (Lipinski definition) is 2. The standard InChI is InChI=1S/C12H13NO.C11H12N2O.5C2H6/c1-7-4-9(8-2-3-8)5-10-6-11(14)13-12(7)10;1-6-4-8(7-2-3-7)5-9-10(6)13-11(14)12-9;5*1-2/h4-5,8H,2-3,6H2,1H3,(H,13,14);4-5,7H,2-3H2,1H3,(H2,12,13,14);5*1-2H3. The lowest BCUT2D eigenvalue weighted by Crippen LogP contribution is -2.04. The van der Waals surface area contributed by atoms with Crippen LogP contribution in [0.5, 0.6) is 0 Å². The summed E-state index contributed by atoms with van der Waals surface area (Å²) in [6.45, 7) is 24.1. The zero-order valence-electron chi connectivity index (χ0n) is 26.3. The molecule has 2 saturated carbocycles. The van der Waals surface area contributed by atoms with Crippen molar-refractivity contribution in [3.05, 3.63) is 62.6 Å². The van der Waals surface area contributed by atoms with Gasteiger partial charge >= 0.3 is 5.69 Å². The first-order chi connectivity index (χ1) is 18.5. The number of carbonyl (C=O) groups is 1. The van der Waals surface area contributed by atoms with Crippen LogP contribution in [-0.2, 0) is 11.2 Å². The quantitative estimate of drug-likeness (QED) is 0.311. The van der Waals surface area contributed by atoms with Crippen molar-refractivity contribution in [1.29, 1.82) is 0 Å². The van der Waals surface area contributed by atoms with Gasteiger partial charge < -0.3 is 15.3 Å². The summed E-state index contributed by atoms with van der Waals surface area (Å²) in [5.41, 5.74) is 9.18. The molecule has 38 heavy (non-hydrogen) atoms. The van der Waals surface area contributed by atoms with Crippen LogP contribution in [0.4, 0.5) is 5.69 Å². The minimum absolute atomic E-state index is 0.115. The molecule has 2 fully saturated rings. The Bertz CT molecular complexity index is 1150. The van der Waals surface area contributed by atoms with E-state index in [9.17, 15) is 9.59 Å². The van der Waals surface area contributed by atoms with Gasteiger partial charge in [0.2, 0.25) is 5.91 Å². The number of carbonyl (C=O) groups excluding carboxylic acids is 1. The maximum Gasteiger partial charge on any atom is 0.323 e. The third-order valence-corrected chi connectivity index (χ3v) is 6.00. The largest absolute Gasteiger partial charge is 0.325 e. The number of aryl methyl sites for hydroxylation is 2. The highest BCUT2D eigenvalue weighted by atomic mass is 16.2. The first-order valence-electron chi connectivity index (χ1n) is 15.1. The van der Waals surface area contributed by atoms with Crippen LogP contribution in [-0.4, -0.2) is 15.9 Å². The van der Waals surface area contributed by atoms with Crippen LogP contribution < -0.4 is 11.0 Å². The van der Waals surface area contributed by atoms with Crippen LogP contribution in [0.25, 0.3) is 11.0 Å². The van der Waals surface area contributed by atoms with Crippen molar-refractivity contribution in [3.63, 3.8) is 0 Å². The fourth-order valence-corrected chi connectivity index (χ4v) is 4.22. The van der Waals surface area contributed by atoms with Gasteiger partial charge in [-0.2, -0.15) is 0 Å². The van der Waals surface area contributed by atoms with Crippen LogP contribution in [0.1, 0.15) is 135 Å². The van der Waals surface area contributed by atoms with Gasteiger partial charge in [0.05, 0.1) is 17.5 Å². The molecule has 0 spiro atoms. The van der Waals surface area contributed by atoms with E-state index in [-0.39, 0.29) is 11.6 Å². The predicted molar refractivity (Wildman–Crippen MR) is 168 cm³/mol. The number of anilines is 1. The summed E-state index contributed by atoms with van der Waals surface area (Å²) in [5, 5.41) is 2.91. The minimum Gasteiger partial charge on any atom is -0.325 e. The maximum absolute atomic E-state index is 11.2. The molecule has 1 aliphatic heterocycles. The number of H-pyrrole nitrogens is 2. The summed E-state index contributed by atoms with van der Waals surface area (Å²) in [6.07, 6.45) is 5.79. The van der Waals surface area contributed by atoms with Crippen molar-refractivity contribution in [2.24, 2.45) is 0 Å². The number of rotatable bonds is 2. The van der Waals surface area contributed by atoms with E-state index in [1.54, 1.807) is 0 Å². The van der Waals surface area contributed by atoms with Crippen LogP contribution in [0.3, 0.4) is 0 Å². The highest BCUT2D eigenvalue weighted by molar-refractivity contribution is 6.00. The van der Waals surface area contributed by atoms with E-state index in [0.717, 1.165) is 34.1 Å². The first kappa shape index (κ1) is 35.2. The lowest BCUT2D eigenvalue weighted by Gasteiger charge is -2.06. The number of amides is 1. The van der Waals surface area contributed by atoms with E-state index in [0.29, 0.717) is 6.42 Å². The molecule has 214 valence electrons. The van der Waals surface area contributed by atoms with E-state index in [4.69, 9.17) is 0 Å². The zero-order chi connectivity index (χ0) is 29.4. The second-order valence-corrected chi connectivity index (χ2v) is 8.48.